The van der Waals surface area contributed by atoms with E-state index >= 15 is 0 Å². The summed E-state index contributed by atoms with van der Waals surface area (Å²) in [5.74, 6) is 0.879. The minimum absolute atomic E-state index is 0.0353. The Morgan fingerprint density at radius 2 is 2.14 bits per heavy atom. The monoisotopic (exact) mass is 502 g/mol. The van der Waals surface area contributed by atoms with Crippen LogP contribution in [0.25, 0.3) is 0 Å². The number of fused-ring (bicyclic) bond motifs is 1. The number of nitrogens with zero attached hydrogens (tertiary/aromatic N) is 2. The number of amides is 2. The maximum atomic E-state index is 13.0. The number of likely N-dealkylation sites (tertiary alicyclic amines) is 1. The van der Waals surface area contributed by atoms with Gasteiger partial charge in [0.2, 0.25) is 5.91 Å². The average molecular weight is 503 g/mol. The molecule has 4 rings (SSSR count). The van der Waals surface area contributed by atoms with Gasteiger partial charge in [-0.05, 0) is 69.9 Å². The van der Waals surface area contributed by atoms with Crippen molar-refractivity contribution in [2.75, 3.05) is 39.8 Å². The Kier molecular flexibility index (Phi) is 8.16. The number of ether oxygens (including phenoxy) is 2. The van der Waals surface area contributed by atoms with Gasteiger partial charge in [-0.15, -0.1) is 0 Å². The zero-order valence-electron chi connectivity index (χ0n) is 21.1. The van der Waals surface area contributed by atoms with E-state index in [2.05, 4.69) is 29.4 Å². The fourth-order valence-electron chi connectivity index (χ4n) is 5.25. The van der Waals surface area contributed by atoms with Crippen molar-refractivity contribution in [2.45, 2.75) is 70.1 Å². The lowest BCUT2D eigenvalue weighted by Crippen LogP contribution is -2.48. The Labute approximate surface area is 213 Å². The highest BCUT2D eigenvalue weighted by Crippen LogP contribution is 2.43. The largest absolute Gasteiger partial charge is 0.487 e. The standard InChI is InChI=1S/C26H38N4O4S/c1-26(2)16-21(30(25(35)27-3)17-19-7-5-14-33-19)20-15-18(9-10-22(20)34-26)24(32)28-11-6-13-29-12-4-8-23(29)31/h9-10,15,19,21H,4-8,11-14,16-17H2,1-3H3,(H,27,35)(H,28,32). The van der Waals surface area contributed by atoms with Gasteiger partial charge in [-0.1, -0.05) is 0 Å². The molecule has 3 heterocycles. The topological polar surface area (TPSA) is 83.1 Å². The van der Waals surface area contributed by atoms with E-state index in [0.29, 0.717) is 36.7 Å². The van der Waals surface area contributed by atoms with Crippen molar-refractivity contribution in [1.29, 1.82) is 0 Å². The SMILES string of the molecule is CNC(=S)N(CC1CCCO1)C1CC(C)(C)Oc2ccc(C(=O)NCCCN3CCCC3=O)cc21. The molecule has 192 valence electrons. The highest BCUT2D eigenvalue weighted by Gasteiger charge is 2.39. The molecule has 35 heavy (non-hydrogen) atoms. The quantitative estimate of drug-likeness (QED) is 0.418. The van der Waals surface area contributed by atoms with Crippen molar-refractivity contribution >= 4 is 29.1 Å². The summed E-state index contributed by atoms with van der Waals surface area (Å²) in [6.07, 6.45) is 5.29. The summed E-state index contributed by atoms with van der Waals surface area (Å²) in [7, 11) is 1.84. The van der Waals surface area contributed by atoms with Crippen LogP contribution in [0.4, 0.5) is 0 Å². The van der Waals surface area contributed by atoms with Crippen LogP contribution in [0.5, 0.6) is 5.75 Å². The Balaban J connectivity index is 1.48. The van der Waals surface area contributed by atoms with Gasteiger partial charge in [0.15, 0.2) is 5.11 Å². The molecule has 0 radical (unpaired) electrons. The molecule has 8 nitrogen and oxygen atoms in total. The molecule has 0 aliphatic carbocycles. The Hall–Kier alpha value is -2.39. The van der Waals surface area contributed by atoms with Gasteiger partial charge in [0.1, 0.15) is 11.4 Å². The highest BCUT2D eigenvalue weighted by atomic mass is 32.1. The minimum atomic E-state index is -0.368. The first kappa shape index (κ1) is 25.7. The molecule has 2 atom stereocenters. The van der Waals surface area contributed by atoms with Crippen LogP contribution in [0.2, 0.25) is 0 Å². The van der Waals surface area contributed by atoms with Gasteiger partial charge in [0.05, 0.1) is 12.1 Å². The Morgan fingerprint density at radius 1 is 1.31 bits per heavy atom. The van der Waals surface area contributed by atoms with E-state index in [1.165, 1.54) is 0 Å². The first-order chi connectivity index (χ1) is 16.8. The fourth-order valence-corrected chi connectivity index (χ4v) is 5.46. The maximum absolute atomic E-state index is 13.0. The molecule has 2 N–H and O–H groups in total. The van der Waals surface area contributed by atoms with E-state index in [1.54, 1.807) is 0 Å². The molecule has 1 aromatic carbocycles. The molecular weight excluding hydrogens is 464 g/mol. The smallest absolute Gasteiger partial charge is 0.251 e. The number of hydrogen-bond donors (Lipinski definition) is 2. The summed E-state index contributed by atoms with van der Waals surface area (Å²) in [5.41, 5.74) is 1.20. The predicted octanol–water partition coefficient (Wildman–Crippen LogP) is 3.02. The predicted molar refractivity (Wildman–Crippen MR) is 139 cm³/mol. The van der Waals surface area contributed by atoms with Gasteiger partial charge >= 0.3 is 0 Å². The van der Waals surface area contributed by atoms with Crippen LogP contribution in [0.3, 0.4) is 0 Å². The Bertz CT molecular complexity index is 947. The summed E-state index contributed by atoms with van der Waals surface area (Å²) >= 11 is 5.72. The number of carbonyl (C=O) groups excluding carboxylic acids is 2. The third-order valence-electron chi connectivity index (χ3n) is 7.04. The van der Waals surface area contributed by atoms with E-state index < -0.39 is 0 Å². The van der Waals surface area contributed by atoms with E-state index in [4.69, 9.17) is 21.7 Å². The molecule has 0 aromatic heterocycles. The molecule has 1 aromatic rings. The molecular formula is C26H38N4O4S. The van der Waals surface area contributed by atoms with Crippen LogP contribution in [0.15, 0.2) is 18.2 Å². The van der Waals surface area contributed by atoms with Gasteiger partial charge in [-0.25, -0.2) is 0 Å². The average Bonchev–Trinajstić information content (AvgIpc) is 3.50. The number of benzene rings is 1. The lowest BCUT2D eigenvalue weighted by atomic mass is 9.87. The van der Waals surface area contributed by atoms with Crippen LogP contribution < -0.4 is 15.4 Å². The summed E-state index contributed by atoms with van der Waals surface area (Å²) in [6.45, 7) is 7.70. The van der Waals surface area contributed by atoms with Crippen molar-refractivity contribution in [3.8, 4) is 5.75 Å². The third kappa shape index (κ3) is 6.25. The molecule has 0 saturated carbocycles. The fraction of sp³-hybridized carbons (Fsp3) is 0.654. The number of carbonyl (C=O) groups is 2. The zero-order valence-corrected chi connectivity index (χ0v) is 21.9. The molecule has 2 amide bonds. The van der Waals surface area contributed by atoms with Crippen LogP contribution >= 0.6 is 12.2 Å². The molecule has 9 heteroatoms. The molecule has 0 bridgehead atoms. The van der Waals surface area contributed by atoms with E-state index in [9.17, 15) is 9.59 Å². The number of thiocarbonyl (C=S) groups is 1. The van der Waals surface area contributed by atoms with E-state index in [-0.39, 0.29) is 29.6 Å². The Morgan fingerprint density at radius 3 is 2.83 bits per heavy atom. The summed E-state index contributed by atoms with van der Waals surface area (Å²) in [6, 6.07) is 5.62. The van der Waals surface area contributed by atoms with Gasteiger partial charge in [-0.3, -0.25) is 9.59 Å². The first-order valence-corrected chi connectivity index (χ1v) is 13.2. The zero-order chi connectivity index (χ0) is 25.0. The lowest BCUT2D eigenvalue weighted by molar-refractivity contribution is -0.127. The van der Waals surface area contributed by atoms with E-state index in [0.717, 1.165) is 56.6 Å². The van der Waals surface area contributed by atoms with Crippen LogP contribution in [-0.4, -0.2) is 78.3 Å². The van der Waals surface area contributed by atoms with Crippen LogP contribution in [0.1, 0.15) is 74.3 Å². The third-order valence-corrected chi connectivity index (χ3v) is 7.48. The molecule has 2 fully saturated rings. The molecule has 2 unspecified atom stereocenters. The number of rotatable bonds is 8. The maximum Gasteiger partial charge on any atom is 0.251 e. The first-order valence-electron chi connectivity index (χ1n) is 12.8. The van der Waals surface area contributed by atoms with Gasteiger partial charge in [0.25, 0.3) is 5.91 Å². The van der Waals surface area contributed by atoms with Gasteiger partial charge in [0, 0.05) is 63.8 Å². The van der Waals surface area contributed by atoms with Crippen LogP contribution in [-0.2, 0) is 9.53 Å². The van der Waals surface area contributed by atoms with Crippen LogP contribution in [0, 0.1) is 0 Å². The van der Waals surface area contributed by atoms with Crippen molar-refractivity contribution in [2.24, 2.45) is 0 Å². The molecule has 0 spiro atoms. The second-order valence-corrected chi connectivity index (χ2v) is 10.7. The summed E-state index contributed by atoms with van der Waals surface area (Å²) < 4.78 is 12.2. The van der Waals surface area contributed by atoms with Crippen molar-refractivity contribution < 1.29 is 19.1 Å². The van der Waals surface area contributed by atoms with Gasteiger partial charge in [-0.2, -0.15) is 0 Å². The van der Waals surface area contributed by atoms with Gasteiger partial charge < -0.3 is 29.9 Å². The molecule has 2 saturated heterocycles. The minimum Gasteiger partial charge on any atom is -0.487 e. The number of nitrogens with one attached hydrogen (secondary N) is 2. The second kappa shape index (κ2) is 11.1. The highest BCUT2D eigenvalue weighted by molar-refractivity contribution is 7.80. The summed E-state index contributed by atoms with van der Waals surface area (Å²) in [5, 5.41) is 6.82. The molecule has 3 aliphatic heterocycles. The normalized spacial score (nSPS) is 22.9. The molecule has 3 aliphatic rings. The lowest BCUT2D eigenvalue weighted by Gasteiger charge is -2.44. The number of hydrogen-bond acceptors (Lipinski definition) is 5. The van der Waals surface area contributed by atoms with Crippen molar-refractivity contribution in [1.82, 2.24) is 20.4 Å². The second-order valence-electron chi connectivity index (χ2n) is 10.3. The summed E-state index contributed by atoms with van der Waals surface area (Å²) in [4.78, 5) is 28.8. The van der Waals surface area contributed by atoms with Crippen molar-refractivity contribution in [3.05, 3.63) is 29.3 Å². The van der Waals surface area contributed by atoms with E-state index in [1.807, 2.05) is 30.1 Å². The van der Waals surface area contributed by atoms with Crippen molar-refractivity contribution in [3.63, 3.8) is 0 Å².